The van der Waals surface area contributed by atoms with E-state index in [1.807, 2.05) is 0 Å². The topological polar surface area (TPSA) is 53.0 Å². The number of fused-ring (bicyclic) bond motifs is 6. The van der Waals surface area contributed by atoms with Crippen molar-refractivity contribution in [1.29, 1.82) is 0 Å². The molecule has 12 rings (SSSR count). The number of benzene rings is 8. The third kappa shape index (κ3) is 6.48. The number of hydrogen-bond donors (Lipinski definition) is 0. The quantitative estimate of drug-likeness (QED) is 0.161. The van der Waals surface area contributed by atoms with Gasteiger partial charge in [-0.05, 0) is 158 Å². The van der Waals surface area contributed by atoms with Crippen LogP contribution in [0.25, 0.3) is 88.4 Å². The van der Waals surface area contributed by atoms with Crippen molar-refractivity contribution in [2.75, 3.05) is 13.2 Å². The number of rotatable bonds is 7. The van der Waals surface area contributed by atoms with Crippen molar-refractivity contribution in [3.8, 4) is 44.8 Å². The lowest BCUT2D eigenvalue weighted by atomic mass is 9.98. The van der Waals surface area contributed by atoms with Gasteiger partial charge in [0, 0.05) is 44.0 Å². The Morgan fingerprint density at radius 2 is 0.625 bits per heavy atom. The average molecular weight is 831 g/mol. The Hall–Kier alpha value is -7.70. The number of aliphatic imine (C=N–C) groups is 2. The maximum absolute atomic E-state index is 5.95. The Bertz CT molecular complexity index is 3280. The first-order valence-electron chi connectivity index (χ1n) is 22.1. The second-order valence-corrected chi connectivity index (χ2v) is 18.5. The van der Waals surface area contributed by atoms with Crippen LogP contribution in [0.5, 0.6) is 0 Å². The third-order valence-electron chi connectivity index (χ3n) is 12.8. The fraction of sp³-hybridized carbons (Fsp3) is 0.138. The monoisotopic (exact) mass is 830 g/mol. The van der Waals surface area contributed by atoms with Gasteiger partial charge in [0.15, 0.2) is 0 Å². The molecule has 0 atom stereocenters. The highest BCUT2D eigenvalue weighted by Gasteiger charge is 2.28. The fourth-order valence-electron chi connectivity index (χ4n) is 9.55. The second kappa shape index (κ2) is 14.4. The molecule has 4 heterocycles. The maximum atomic E-state index is 5.95. The zero-order valence-corrected chi connectivity index (χ0v) is 36.3. The summed E-state index contributed by atoms with van der Waals surface area (Å²) in [6.07, 6.45) is 0. The summed E-state index contributed by atoms with van der Waals surface area (Å²) in [7, 11) is 0. The zero-order valence-electron chi connectivity index (χ0n) is 36.3. The first kappa shape index (κ1) is 38.0. The predicted octanol–water partition coefficient (Wildman–Crippen LogP) is 14.0. The highest BCUT2D eigenvalue weighted by molar-refractivity contribution is 6.14. The van der Waals surface area contributed by atoms with E-state index in [9.17, 15) is 0 Å². The molecule has 10 aromatic rings. The Morgan fingerprint density at radius 1 is 0.344 bits per heavy atom. The Morgan fingerprint density at radius 3 is 0.922 bits per heavy atom. The van der Waals surface area contributed by atoms with E-state index in [1.165, 1.54) is 54.7 Å². The molecule has 310 valence electrons. The van der Waals surface area contributed by atoms with Crippen LogP contribution in [-0.4, -0.2) is 45.2 Å². The van der Waals surface area contributed by atoms with E-state index in [1.54, 1.807) is 0 Å². The lowest BCUT2D eigenvalue weighted by Gasteiger charge is -2.09. The summed E-state index contributed by atoms with van der Waals surface area (Å²) in [6, 6.07) is 66.2. The molecule has 0 amide bonds. The molecular formula is C58H46N4O2. The van der Waals surface area contributed by atoms with E-state index < -0.39 is 0 Å². The highest BCUT2D eigenvalue weighted by atomic mass is 16.5. The molecule has 0 radical (unpaired) electrons. The van der Waals surface area contributed by atoms with Gasteiger partial charge in [0.1, 0.15) is 13.2 Å². The minimum atomic E-state index is -0.200. The van der Waals surface area contributed by atoms with Gasteiger partial charge in [-0.15, -0.1) is 0 Å². The lowest BCUT2D eigenvalue weighted by molar-refractivity contribution is 0.279. The van der Waals surface area contributed by atoms with E-state index in [4.69, 9.17) is 19.5 Å². The molecule has 0 spiro atoms. The van der Waals surface area contributed by atoms with Crippen LogP contribution in [0.3, 0.4) is 0 Å². The Labute approximate surface area is 372 Å². The molecule has 0 saturated carbocycles. The normalized spacial score (nSPS) is 15.4. The third-order valence-corrected chi connectivity index (χ3v) is 12.8. The molecule has 2 aliphatic heterocycles. The van der Waals surface area contributed by atoms with Crippen LogP contribution in [0.1, 0.15) is 38.8 Å². The van der Waals surface area contributed by atoms with Gasteiger partial charge < -0.3 is 18.6 Å². The maximum Gasteiger partial charge on any atom is 0.216 e. The summed E-state index contributed by atoms with van der Waals surface area (Å²) in [4.78, 5) is 9.59. The van der Waals surface area contributed by atoms with Gasteiger partial charge in [-0.1, -0.05) is 84.9 Å². The molecule has 2 aliphatic rings. The van der Waals surface area contributed by atoms with Crippen LogP contribution in [0.15, 0.2) is 192 Å². The van der Waals surface area contributed by atoms with Gasteiger partial charge in [-0.3, -0.25) is 0 Å². The Kier molecular flexibility index (Phi) is 8.57. The van der Waals surface area contributed by atoms with Crippen LogP contribution < -0.4 is 0 Å². The summed E-state index contributed by atoms with van der Waals surface area (Å²) in [6.45, 7) is 9.60. The molecule has 0 saturated heterocycles. The van der Waals surface area contributed by atoms with Crippen molar-refractivity contribution >= 4 is 55.4 Å². The Balaban J connectivity index is 0.987. The van der Waals surface area contributed by atoms with E-state index in [0.717, 1.165) is 44.8 Å². The first-order chi connectivity index (χ1) is 31.1. The molecule has 8 aromatic carbocycles. The molecule has 6 nitrogen and oxygen atoms in total. The molecule has 2 aromatic heterocycles. The summed E-state index contributed by atoms with van der Waals surface area (Å²) < 4.78 is 16.7. The van der Waals surface area contributed by atoms with Crippen molar-refractivity contribution in [1.82, 2.24) is 9.13 Å². The predicted molar refractivity (Wildman–Crippen MR) is 265 cm³/mol. The van der Waals surface area contributed by atoms with E-state index in [0.29, 0.717) is 25.0 Å². The van der Waals surface area contributed by atoms with E-state index >= 15 is 0 Å². The van der Waals surface area contributed by atoms with Gasteiger partial charge in [0.2, 0.25) is 11.8 Å². The first-order valence-corrected chi connectivity index (χ1v) is 22.1. The van der Waals surface area contributed by atoms with Crippen molar-refractivity contribution in [3.05, 3.63) is 193 Å². The number of ether oxygens (including phenoxy) is 2. The molecule has 64 heavy (non-hydrogen) atoms. The van der Waals surface area contributed by atoms with Crippen LogP contribution in [0.2, 0.25) is 0 Å². The molecule has 6 heteroatoms. The van der Waals surface area contributed by atoms with Gasteiger partial charge in [0.05, 0.1) is 33.1 Å². The minimum absolute atomic E-state index is 0.200. The molecule has 0 N–H and O–H groups in total. The number of para-hydroxylation sites is 2. The molecular weight excluding hydrogens is 785 g/mol. The highest BCUT2D eigenvalue weighted by Crippen LogP contribution is 2.41. The fourth-order valence-corrected chi connectivity index (χ4v) is 9.55. The van der Waals surface area contributed by atoms with Gasteiger partial charge in [0.25, 0.3) is 0 Å². The van der Waals surface area contributed by atoms with E-state index in [-0.39, 0.29) is 11.1 Å². The van der Waals surface area contributed by atoms with Crippen molar-refractivity contribution in [2.24, 2.45) is 9.98 Å². The lowest BCUT2D eigenvalue weighted by Crippen LogP contribution is -2.17. The second-order valence-electron chi connectivity index (χ2n) is 18.5. The zero-order chi connectivity index (χ0) is 43.2. The van der Waals surface area contributed by atoms with Crippen molar-refractivity contribution in [2.45, 2.75) is 38.8 Å². The van der Waals surface area contributed by atoms with Crippen molar-refractivity contribution in [3.63, 3.8) is 0 Å². The average Bonchev–Trinajstić information content (AvgIpc) is 4.08. The smallest absolute Gasteiger partial charge is 0.216 e. The van der Waals surface area contributed by atoms with Crippen LogP contribution in [0.4, 0.5) is 0 Å². The molecule has 0 unspecified atom stereocenters. The van der Waals surface area contributed by atoms with Crippen LogP contribution >= 0.6 is 0 Å². The summed E-state index contributed by atoms with van der Waals surface area (Å²) >= 11 is 0. The van der Waals surface area contributed by atoms with Crippen molar-refractivity contribution < 1.29 is 9.47 Å². The summed E-state index contributed by atoms with van der Waals surface area (Å²) in [5, 5.41) is 4.84. The molecule has 0 aliphatic carbocycles. The standard InChI is InChI=1S/C58H46N4O2/c1-57(2)35-63-55(59-57)39-19-15-37(16-20-39)41-23-27-51-47(31-41)49-33-43(25-29-53(49)61(51)45-11-7-5-8-12-45)44-26-30-54-50(34-44)48-32-42(24-28-52(48)62(54)46-13-9-6-10-14-46)38-17-21-40(22-18-38)56-60-58(3,4)36-64-56/h5-34H,35-36H2,1-4H3. The van der Waals surface area contributed by atoms with Gasteiger partial charge in [-0.2, -0.15) is 0 Å². The molecule has 0 bridgehead atoms. The number of hydrogen-bond acceptors (Lipinski definition) is 4. The largest absolute Gasteiger partial charge is 0.475 e. The van der Waals surface area contributed by atoms with Gasteiger partial charge in [-0.25, -0.2) is 9.98 Å². The number of aromatic nitrogens is 2. The summed E-state index contributed by atoms with van der Waals surface area (Å²) in [5.74, 6) is 1.43. The summed E-state index contributed by atoms with van der Waals surface area (Å²) in [5.41, 5.74) is 15.5. The SMILES string of the molecule is CC1(C)COC(c2ccc(-c3ccc4c(c3)c3cc(-c5ccc6c(c5)c5cc(-c7ccc(C8=NC(C)(C)CO8)cc7)ccc5n6-c5ccccc5)ccc3n4-c3ccccc3)cc2)=N1. The molecule has 0 fully saturated rings. The minimum Gasteiger partial charge on any atom is -0.475 e. The number of nitrogens with zero attached hydrogens (tertiary/aromatic N) is 4. The van der Waals surface area contributed by atoms with Crippen LogP contribution in [-0.2, 0) is 9.47 Å². The van der Waals surface area contributed by atoms with Crippen LogP contribution in [0, 0.1) is 0 Å². The van der Waals surface area contributed by atoms with E-state index in [2.05, 4.69) is 219 Å². The van der Waals surface area contributed by atoms with Gasteiger partial charge >= 0.3 is 0 Å².